The summed E-state index contributed by atoms with van der Waals surface area (Å²) in [7, 11) is 0. The van der Waals surface area contributed by atoms with E-state index in [2.05, 4.69) is 76.2 Å². The molecule has 1 saturated carbocycles. The van der Waals surface area contributed by atoms with Crippen LogP contribution in [0.2, 0.25) is 0 Å². The Morgan fingerprint density at radius 3 is 2.31 bits per heavy atom. The smallest absolute Gasteiger partial charge is 0.342 e. The van der Waals surface area contributed by atoms with Crippen LogP contribution in [0.3, 0.4) is 0 Å². The molecule has 2 saturated heterocycles. The van der Waals surface area contributed by atoms with E-state index >= 15 is 0 Å². The second-order valence-corrected chi connectivity index (χ2v) is 11.2. The summed E-state index contributed by atoms with van der Waals surface area (Å²) in [6, 6.07) is 14.2. The zero-order valence-electron chi connectivity index (χ0n) is 22.8. The number of benzene rings is 1. The predicted octanol–water partition coefficient (Wildman–Crippen LogP) is 4.85. The number of anilines is 1. The fraction of sp³-hybridized carbons (Fsp3) is 0.533. The number of alkyl halides is 2. The van der Waals surface area contributed by atoms with Crippen LogP contribution in [0.5, 0.6) is 0 Å². The van der Waals surface area contributed by atoms with Gasteiger partial charge in [0.1, 0.15) is 0 Å². The fourth-order valence-electron chi connectivity index (χ4n) is 5.88. The minimum atomic E-state index is -3.17. The maximum Gasteiger partial charge on any atom is 0.342 e. The molecule has 2 aliphatic heterocycles. The van der Waals surface area contributed by atoms with Crippen molar-refractivity contribution in [2.75, 3.05) is 44.2 Å². The monoisotopic (exact) mass is 539 g/mol. The highest BCUT2D eigenvalue weighted by Gasteiger charge is 2.34. The van der Waals surface area contributed by atoms with E-state index in [1.165, 1.54) is 48.3 Å². The lowest BCUT2D eigenvalue weighted by atomic mass is 9.89. The number of carbonyl (C=O) groups excluding carboxylic acids is 1. The molecule has 1 amide bonds. The number of hydrogen-bond acceptors (Lipinski definition) is 5. The van der Waals surface area contributed by atoms with Gasteiger partial charge in [0.25, 0.3) is 0 Å². The van der Waals surface area contributed by atoms with Gasteiger partial charge >= 0.3 is 6.61 Å². The summed E-state index contributed by atoms with van der Waals surface area (Å²) >= 11 is 0. The van der Waals surface area contributed by atoms with Gasteiger partial charge < -0.3 is 19.8 Å². The van der Waals surface area contributed by atoms with Crippen molar-refractivity contribution in [3.8, 4) is 11.1 Å². The maximum atomic E-state index is 12.4. The van der Waals surface area contributed by atoms with E-state index < -0.39 is 6.61 Å². The van der Waals surface area contributed by atoms with Crippen molar-refractivity contribution in [1.82, 2.24) is 19.4 Å². The van der Waals surface area contributed by atoms with Crippen molar-refractivity contribution >= 4 is 17.1 Å². The topological polar surface area (TPSA) is 64.3 Å². The third-order valence-corrected chi connectivity index (χ3v) is 8.24. The molecule has 1 aromatic carbocycles. The van der Waals surface area contributed by atoms with E-state index in [4.69, 9.17) is 5.11 Å². The largest absolute Gasteiger partial charge is 0.366 e. The molecule has 7 nitrogen and oxygen atoms in total. The number of piperidine rings is 1. The molecule has 3 fully saturated rings. The van der Waals surface area contributed by atoms with Crippen LogP contribution in [-0.4, -0.2) is 82.3 Å². The van der Waals surface area contributed by atoms with E-state index in [0.29, 0.717) is 23.8 Å². The van der Waals surface area contributed by atoms with Crippen LogP contribution >= 0.6 is 0 Å². The Labute approximate surface area is 229 Å². The molecule has 6 rings (SSSR count). The van der Waals surface area contributed by atoms with Gasteiger partial charge in [0, 0.05) is 62.6 Å². The van der Waals surface area contributed by atoms with Gasteiger partial charge in [-0.05, 0) is 75.3 Å². The quantitative estimate of drug-likeness (QED) is 0.502. The van der Waals surface area contributed by atoms with E-state index in [0.717, 1.165) is 44.5 Å². The number of piperazine rings is 1. The molecule has 3 aliphatic rings. The van der Waals surface area contributed by atoms with Gasteiger partial charge in [0.15, 0.2) is 0 Å². The number of carbonyl (C=O) groups is 1. The Hall–Kier alpha value is -3.04. The van der Waals surface area contributed by atoms with Crippen molar-refractivity contribution in [3.63, 3.8) is 0 Å². The van der Waals surface area contributed by atoms with E-state index in [1.807, 2.05) is 10.7 Å². The number of aromatic nitrogens is 2. The first-order chi connectivity index (χ1) is 18.8. The Bertz CT molecular complexity index is 1250. The molecule has 39 heavy (non-hydrogen) atoms. The molecular weight excluding hydrogens is 500 g/mol. The van der Waals surface area contributed by atoms with Crippen LogP contribution < -0.4 is 4.90 Å². The first-order valence-electron chi connectivity index (χ1n) is 14.1. The van der Waals surface area contributed by atoms with Gasteiger partial charge in [-0.15, -0.1) is 0 Å². The highest BCUT2D eigenvalue weighted by Crippen LogP contribution is 2.34. The fourth-order valence-corrected chi connectivity index (χ4v) is 5.88. The Balaban J connectivity index is 0.000000723. The Morgan fingerprint density at radius 1 is 0.974 bits per heavy atom. The number of aliphatic hydroxyl groups is 1. The molecule has 1 aliphatic carbocycles. The van der Waals surface area contributed by atoms with Crippen LogP contribution in [0.25, 0.3) is 16.6 Å². The second-order valence-electron chi connectivity index (χ2n) is 11.2. The summed E-state index contributed by atoms with van der Waals surface area (Å²) in [5, 5.41) is 11.3. The van der Waals surface area contributed by atoms with Crippen molar-refractivity contribution in [2.45, 2.75) is 58.1 Å². The number of amides is 1. The molecule has 1 atom stereocenters. The molecule has 2 aromatic heterocycles. The lowest BCUT2D eigenvalue weighted by molar-refractivity contribution is -0.132. The van der Waals surface area contributed by atoms with E-state index in [9.17, 15) is 13.6 Å². The van der Waals surface area contributed by atoms with Crippen molar-refractivity contribution in [1.29, 1.82) is 0 Å². The lowest BCUT2D eigenvalue weighted by Crippen LogP contribution is -2.49. The molecule has 1 unspecified atom stereocenters. The molecule has 3 aromatic rings. The van der Waals surface area contributed by atoms with Gasteiger partial charge in [-0.3, -0.25) is 4.79 Å². The molecule has 9 heteroatoms. The molecule has 0 bridgehead atoms. The molecular formula is C30H39F2N5O2. The number of hydrogen-bond donors (Lipinski definition) is 1. The average molecular weight is 540 g/mol. The standard InChI is InChI=1S/C29H37N5O.CH2F2O/c1-21(2)33-13-3-4-25(19-33)22-5-7-23(8-6-22)26-18-28-27(11-12-30-34(28)20-26)31-14-16-32(17-15-31)29(35)24-9-10-24;2-1(3)4/h5-8,11-12,18,20-21,24-25H,3-4,9-10,13-17,19H2,1-2H3;1,4H. The van der Waals surface area contributed by atoms with Crippen LogP contribution in [0.4, 0.5) is 14.5 Å². The molecule has 0 radical (unpaired) electrons. The van der Waals surface area contributed by atoms with Gasteiger partial charge in [-0.2, -0.15) is 13.9 Å². The van der Waals surface area contributed by atoms with Gasteiger partial charge in [0.05, 0.1) is 11.2 Å². The highest BCUT2D eigenvalue weighted by molar-refractivity contribution is 5.82. The third kappa shape index (κ3) is 6.58. The summed E-state index contributed by atoms with van der Waals surface area (Å²) in [4.78, 5) is 19.5. The second kappa shape index (κ2) is 12.0. The van der Waals surface area contributed by atoms with Gasteiger partial charge in [0.2, 0.25) is 5.91 Å². The zero-order valence-corrected chi connectivity index (χ0v) is 22.8. The SMILES string of the molecule is CC(C)N1CCCC(c2ccc(-c3cc4c(N5CCN(C(=O)C6CC6)CC5)ccnn4c3)cc2)C1.OC(F)F. The first-order valence-corrected chi connectivity index (χ1v) is 14.1. The summed E-state index contributed by atoms with van der Waals surface area (Å²) < 4.78 is 21.8. The van der Waals surface area contributed by atoms with Crippen LogP contribution in [0.15, 0.2) is 48.8 Å². The third-order valence-electron chi connectivity index (χ3n) is 8.24. The van der Waals surface area contributed by atoms with Crippen LogP contribution in [0.1, 0.15) is 51.0 Å². The molecule has 4 heterocycles. The summed E-state index contributed by atoms with van der Waals surface area (Å²) in [6.45, 7) is 7.22. The van der Waals surface area contributed by atoms with Gasteiger partial charge in [-0.1, -0.05) is 24.3 Å². The summed E-state index contributed by atoms with van der Waals surface area (Å²) in [5.74, 6) is 1.30. The molecule has 0 spiro atoms. The Kier molecular flexibility index (Phi) is 8.47. The average Bonchev–Trinajstić information content (AvgIpc) is 3.70. The lowest BCUT2D eigenvalue weighted by Gasteiger charge is -2.36. The number of halogens is 2. The number of aliphatic hydroxyl groups excluding tert-OH is 1. The predicted molar refractivity (Wildman–Crippen MR) is 149 cm³/mol. The molecule has 1 N–H and O–H groups in total. The number of rotatable bonds is 5. The van der Waals surface area contributed by atoms with Crippen molar-refractivity contribution in [2.24, 2.45) is 5.92 Å². The van der Waals surface area contributed by atoms with Crippen LogP contribution in [0, 0.1) is 5.92 Å². The molecule has 210 valence electrons. The minimum absolute atomic E-state index is 0.306. The highest BCUT2D eigenvalue weighted by atomic mass is 19.3. The number of likely N-dealkylation sites (tertiary alicyclic amines) is 1. The summed E-state index contributed by atoms with van der Waals surface area (Å²) in [5.41, 5.74) is 6.24. The Morgan fingerprint density at radius 2 is 1.67 bits per heavy atom. The zero-order chi connectivity index (χ0) is 27.5. The summed E-state index contributed by atoms with van der Waals surface area (Å²) in [6.07, 6.45) is 8.75. The van der Waals surface area contributed by atoms with E-state index in [1.54, 1.807) is 0 Å². The number of nitrogens with zero attached hydrogens (tertiary/aromatic N) is 5. The van der Waals surface area contributed by atoms with Crippen molar-refractivity contribution < 1.29 is 18.7 Å². The van der Waals surface area contributed by atoms with Crippen LogP contribution in [-0.2, 0) is 4.79 Å². The number of fused-ring (bicyclic) bond motifs is 1. The minimum Gasteiger partial charge on any atom is -0.366 e. The first kappa shape index (κ1) is 27.5. The maximum absolute atomic E-state index is 12.4. The normalized spacial score (nSPS) is 20.4. The van der Waals surface area contributed by atoms with Gasteiger partial charge in [-0.25, -0.2) is 4.52 Å². The van der Waals surface area contributed by atoms with Crippen molar-refractivity contribution in [3.05, 3.63) is 54.4 Å². The van der Waals surface area contributed by atoms with E-state index in [-0.39, 0.29) is 0 Å².